The second-order valence-electron chi connectivity index (χ2n) is 8.38. The SMILES string of the molecule is CCCCC(=O)O.C[C@H](CS)C(=O)NCCCNCc1ccc(-c2ccccc2-c2nn[nH]n2)cc1. The van der Waals surface area contributed by atoms with Gasteiger partial charge >= 0.3 is 5.97 Å². The highest BCUT2D eigenvalue weighted by atomic mass is 32.1. The molecule has 4 N–H and O–H groups in total. The largest absolute Gasteiger partial charge is 0.481 e. The Kier molecular flexibility index (Phi) is 13.2. The number of carboxylic acid groups (broad SMARTS) is 1. The number of carboxylic acids is 1. The van der Waals surface area contributed by atoms with Gasteiger partial charge in [-0.25, -0.2) is 0 Å². The number of thiol groups is 1. The maximum atomic E-state index is 11.7. The standard InChI is InChI=1S/C21H26N6OS.C5H10O2/c1-15(14-29)21(28)23-12-4-11-22-13-16-7-9-17(10-8-16)18-5-2-3-6-19(18)20-24-26-27-25-20;1-2-3-4-5(6)7/h2-3,5-10,15,22,29H,4,11-14H2,1H3,(H,23,28)(H,24,25,26,27);2-4H2,1H3,(H,6,7)/t15-;/m1./s1. The van der Waals surface area contributed by atoms with Crippen LogP contribution in [0.25, 0.3) is 22.5 Å². The Morgan fingerprint density at radius 3 is 2.36 bits per heavy atom. The Balaban J connectivity index is 0.000000572. The van der Waals surface area contributed by atoms with Crippen LogP contribution in [0.15, 0.2) is 48.5 Å². The van der Waals surface area contributed by atoms with Crippen LogP contribution in [-0.2, 0) is 16.1 Å². The quantitative estimate of drug-likeness (QED) is 0.173. The first-order chi connectivity index (χ1) is 17.5. The second kappa shape index (κ2) is 16.4. The fraction of sp³-hybridized carbons (Fsp3) is 0.423. The van der Waals surface area contributed by atoms with Gasteiger partial charge in [-0.15, -0.1) is 10.2 Å². The lowest BCUT2D eigenvalue weighted by Gasteiger charge is -2.10. The van der Waals surface area contributed by atoms with Gasteiger partial charge in [0.15, 0.2) is 0 Å². The Morgan fingerprint density at radius 2 is 1.78 bits per heavy atom. The summed E-state index contributed by atoms with van der Waals surface area (Å²) in [6.07, 6.45) is 2.97. The number of carbonyl (C=O) groups excluding carboxylic acids is 1. The number of hydrogen-bond acceptors (Lipinski definition) is 7. The van der Waals surface area contributed by atoms with Crippen molar-refractivity contribution in [1.29, 1.82) is 0 Å². The Morgan fingerprint density at radius 1 is 1.06 bits per heavy atom. The average Bonchev–Trinajstić information content (AvgIpc) is 3.44. The van der Waals surface area contributed by atoms with E-state index >= 15 is 0 Å². The summed E-state index contributed by atoms with van der Waals surface area (Å²) in [5.74, 6) is 0.482. The maximum Gasteiger partial charge on any atom is 0.303 e. The minimum atomic E-state index is -0.693. The van der Waals surface area contributed by atoms with Crippen LogP contribution in [0.4, 0.5) is 0 Å². The van der Waals surface area contributed by atoms with Crippen molar-refractivity contribution in [3.05, 3.63) is 54.1 Å². The maximum absolute atomic E-state index is 11.7. The van der Waals surface area contributed by atoms with E-state index in [2.05, 4.69) is 74.2 Å². The minimum Gasteiger partial charge on any atom is -0.481 e. The molecule has 1 atom stereocenters. The van der Waals surface area contributed by atoms with Crippen LogP contribution < -0.4 is 10.6 Å². The number of unbranched alkanes of at least 4 members (excludes halogenated alkanes) is 1. The highest BCUT2D eigenvalue weighted by molar-refractivity contribution is 7.80. The van der Waals surface area contributed by atoms with Crippen LogP contribution in [0.5, 0.6) is 0 Å². The third-order valence-corrected chi connectivity index (χ3v) is 5.95. The first-order valence-electron chi connectivity index (χ1n) is 12.2. The Hall–Kier alpha value is -3.24. The van der Waals surface area contributed by atoms with Gasteiger partial charge in [0.25, 0.3) is 0 Å². The van der Waals surface area contributed by atoms with Gasteiger partial charge in [-0.1, -0.05) is 68.8 Å². The molecule has 3 rings (SSSR count). The van der Waals surface area contributed by atoms with Gasteiger partial charge in [-0.05, 0) is 41.3 Å². The monoisotopic (exact) mass is 512 g/mol. The highest BCUT2D eigenvalue weighted by Gasteiger charge is 2.11. The van der Waals surface area contributed by atoms with E-state index in [1.807, 2.05) is 32.0 Å². The van der Waals surface area contributed by atoms with Gasteiger partial charge in [0.05, 0.1) is 0 Å². The number of hydrogen-bond donors (Lipinski definition) is 5. The molecule has 0 unspecified atom stereocenters. The molecule has 0 saturated heterocycles. The number of amides is 1. The third-order valence-electron chi connectivity index (χ3n) is 5.40. The fourth-order valence-corrected chi connectivity index (χ4v) is 3.42. The summed E-state index contributed by atoms with van der Waals surface area (Å²) >= 11 is 4.14. The molecule has 0 radical (unpaired) electrons. The molecule has 0 saturated carbocycles. The number of aliphatic carboxylic acids is 1. The zero-order chi connectivity index (χ0) is 26.2. The number of rotatable bonds is 13. The van der Waals surface area contributed by atoms with E-state index in [0.717, 1.165) is 49.0 Å². The van der Waals surface area contributed by atoms with Gasteiger partial charge in [0.2, 0.25) is 11.7 Å². The van der Waals surface area contributed by atoms with Crippen LogP contribution in [-0.4, -0.2) is 56.4 Å². The van der Waals surface area contributed by atoms with E-state index in [1.165, 1.54) is 5.56 Å². The zero-order valence-corrected chi connectivity index (χ0v) is 21.8. The van der Waals surface area contributed by atoms with Crippen LogP contribution in [0.1, 0.15) is 45.1 Å². The topological polar surface area (TPSA) is 133 Å². The number of aromatic amines is 1. The molecule has 9 nitrogen and oxygen atoms in total. The fourth-order valence-electron chi connectivity index (χ4n) is 3.25. The van der Waals surface area contributed by atoms with Crippen molar-refractivity contribution in [3.63, 3.8) is 0 Å². The summed E-state index contributed by atoms with van der Waals surface area (Å²) < 4.78 is 0. The number of nitrogens with zero attached hydrogens (tertiary/aromatic N) is 3. The van der Waals surface area contributed by atoms with E-state index in [-0.39, 0.29) is 11.8 Å². The molecule has 0 fully saturated rings. The van der Waals surface area contributed by atoms with E-state index in [4.69, 9.17) is 5.11 Å². The van der Waals surface area contributed by atoms with Crippen molar-refractivity contribution in [2.75, 3.05) is 18.8 Å². The number of carbonyl (C=O) groups is 2. The summed E-state index contributed by atoms with van der Waals surface area (Å²) in [7, 11) is 0. The normalized spacial score (nSPS) is 11.3. The van der Waals surface area contributed by atoms with E-state index in [1.54, 1.807) is 0 Å². The molecule has 0 aliphatic carbocycles. The van der Waals surface area contributed by atoms with Gasteiger partial charge in [-0.2, -0.15) is 17.8 Å². The second-order valence-corrected chi connectivity index (χ2v) is 8.75. The van der Waals surface area contributed by atoms with Gasteiger partial charge in [0.1, 0.15) is 0 Å². The lowest BCUT2D eigenvalue weighted by molar-refractivity contribution is -0.137. The summed E-state index contributed by atoms with van der Waals surface area (Å²) in [6, 6.07) is 16.5. The molecule has 0 bridgehead atoms. The Labute approximate surface area is 217 Å². The first kappa shape index (κ1) is 29.0. The van der Waals surface area contributed by atoms with Crippen LogP contribution in [0, 0.1) is 5.92 Å². The molecule has 0 spiro atoms. The zero-order valence-electron chi connectivity index (χ0n) is 20.9. The number of tetrazole rings is 1. The van der Waals surface area contributed by atoms with Crippen molar-refractivity contribution in [1.82, 2.24) is 31.3 Å². The van der Waals surface area contributed by atoms with Gasteiger partial charge < -0.3 is 15.7 Å². The van der Waals surface area contributed by atoms with Crippen LogP contribution >= 0.6 is 12.6 Å². The molecule has 1 heterocycles. The summed E-state index contributed by atoms with van der Waals surface area (Å²) in [4.78, 5) is 21.4. The van der Waals surface area contributed by atoms with Crippen molar-refractivity contribution in [2.24, 2.45) is 5.92 Å². The molecule has 0 aliphatic heterocycles. The number of benzene rings is 2. The summed E-state index contributed by atoms with van der Waals surface area (Å²) in [5.41, 5.74) is 4.33. The molecule has 0 aliphatic rings. The lowest BCUT2D eigenvalue weighted by Crippen LogP contribution is -2.32. The highest BCUT2D eigenvalue weighted by Crippen LogP contribution is 2.29. The van der Waals surface area contributed by atoms with Gasteiger partial charge in [-0.3, -0.25) is 9.59 Å². The average molecular weight is 513 g/mol. The minimum absolute atomic E-state index is 0.0463. The van der Waals surface area contributed by atoms with Crippen LogP contribution in [0.2, 0.25) is 0 Å². The molecule has 10 heteroatoms. The van der Waals surface area contributed by atoms with E-state index in [9.17, 15) is 9.59 Å². The smallest absolute Gasteiger partial charge is 0.303 e. The molecule has 1 aromatic heterocycles. The van der Waals surface area contributed by atoms with Crippen molar-refractivity contribution in [2.45, 2.75) is 46.1 Å². The Bertz CT molecular complexity index is 1040. The third kappa shape index (κ3) is 10.2. The van der Waals surface area contributed by atoms with Crippen molar-refractivity contribution in [3.8, 4) is 22.5 Å². The summed E-state index contributed by atoms with van der Waals surface area (Å²) in [5, 5.41) is 28.7. The van der Waals surface area contributed by atoms with E-state index < -0.39 is 5.97 Å². The van der Waals surface area contributed by atoms with E-state index in [0.29, 0.717) is 24.5 Å². The first-order valence-corrected chi connectivity index (χ1v) is 12.8. The van der Waals surface area contributed by atoms with Gasteiger partial charge in [0, 0.05) is 36.7 Å². The lowest BCUT2D eigenvalue weighted by atomic mass is 9.98. The van der Waals surface area contributed by atoms with Crippen molar-refractivity contribution >= 4 is 24.5 Å². The van der Waals surface area contributed by atoms with Crippen molar-refractivity contribution < 1.29 is 14.7 Å². The number of H-pyrrole nitrogens is 1. The molecule has 36 heavy (non-hydrogen) atoms. The molecule has 2 aromatic carbocycles. The molecule has 194 valence electrons. The molecular formula is C26H36N6O3S. The molecular weight excluding hydrogens is 476 g/mol. The van der Waals surface area contributed by atoms with Crippen LogP contribution in [0.3, 0.4) is 0 Å². The summed E-state index contributed by atoms with van der Waals surface area (Å²) in [6.45, 7) is 6.16. The molecule has 1 amide bonds. The number of nitrogens with one attached hydrogen (secondary N) is 3. The predicted molar refractivity (Wildman–Crippen MR) is 145 cm³/mol. The predicted octanol–water partition coefficient (Wildman–Crippen LogP) is 3.96. The molecule has 3 aromatic rings. The number of aromatic nitrogens is 4.